The lowest BCUT2D eigenvalue weighted by Gasteiger charge is -2.37. The fourth-order valence-corrected chi connectivity index (χ4v) is 4.55. The van der Waals surface area contributed by atoms with E-state index < -0.39 is 0 Å². The van der Waals surface area contributed by atoms with Gasteiger partial charge in [-0.2, -0.15) is 5.26 Å². The van der Waals surface area contributed by atoms with Gasteiger partial charge < -0.3 is 9.80 Å². The number of fused-ring (bicyclic) bond motifs is 1. The molecule has 3 aromatic rings. The van der Waals surface area contributed by atoms with E-state index in [1.807, 2.05) is 30.4 Å². The highest BCUT2D eigenvalue weighted by Gasteiger charge is 2.30. The van der Waals surface area contributed by atoms with E-state index in [2.05, 4.69) is 26.3 Å². The number of benzene rings is 1. The summed E-state index contributed by atoms with van der Waals surface area (Å²) in [5.41, 5.74) is 2.53. The zero-order chi connectivity index (χ0) is 24.9. The molecule has 2 aromatic heterocycles. The molecule has 9 nitrogen and oxygen atoms in total. The third-order valence-electron chi connectivity index (χ3n) is 6.31. The van der Waals surface area contributed by atoms with Crippen LogP contribution < -0.4 is 5.32 Å². The SMILES string of the molecule is CC.CN1CC(n2c(NC(=O)c3cccc(C#N)c3)nc3cc(C(=O)N4CCCCC4)cnc32)C1. The van der Waals surface area contributed by atoms with Gasteiger partial charge in [-0.1, -0.05) is 19.9 Å². The van der Waals surface area contributed by atoms with E-state index >= 15 is 0 Å². The number of nitrogens with one attached hydrogen (secondary N) is 1. The lowest BCUT2D eigenvalue weighted by molar-refractivity contribution is 0.0724. The molecule has 4 heterocycles. The lowest BCUT2D eigenvalue weighted by atomic mass is 10.1. The molecule has 0 atom stereocenters. The Kier molecular flexibility index (Phi) is 7.42. The van der Waals surface area contributed by atoms with Crippen LogP contribution in [0.4, 0.5) is 5.95 Å². The smallest absolute Gasteiger partial charge is 0.258 e. The first-order valence-corrected chi connectivity index (χ1v) is 12.2. The molecule has 0 unspecified atom stereocenters. The highest BCUT2D eigenvalue weighted by molar-refractivity contribution is 6.04. The molecule has 5 rings (SSSR count). The first kappa shape index (κ1) is 24.4. The molecule has 0 saturated carbocycles. The Morgan fingerprint density at radius 2 is 1.83 bits per heavy atom. The summed E-state index contributed by atoms with van der Waals surface area (Å²) in [4.78, 5) is 39.2. The van der Waals surface area contributed by atoms with Crippen molar-refractivity contribution in [2.24, 2.45) is 0 Å². The van der Waals surface area contributed by atoms with E-state index in [1.54, 1.807) is 36.5 Å². The van der Waals surface area contributed by atoms with Gasteiger partial charge in [0.25, 0.3) is 11.8 Å². The number of carbonyl (C=O) groups is 2. The van der Waals surface area contributed by atoms with Gasteiger partial charge in [-0.05, 0) is 50.6 Å². The second-order valence-electron chi connectivity index (χ2n) is 8.75. The van der Waals surface area contributed by atoms with Crippen molar-refractivity contribution in [3.05, 3.63) is 53.2 Å². The highest BCUT2D eigenvalue weighted by atomic mass is 16.2. The summed E-state index contributed by atoms with van der Waals surface area (Å²) in [7, 11) is 2.03. The van der Waals surface area contributed by atoms with Crippen LogP contribution in [-0.2, 0) is 0 Å². The third-order valence-corrected chi connectivity index (χ3v) is 6.31. The van der Waals surface area contributed by atoms with Gasteiger partial charge in [-0.3, -0.25) is 19.5 Å². The molecule has 0 aliphatic carbocycles. The molecule has 0 bridgehead atoms. The Morgan fingerprint density at radius 1 is 1.09 bits per heavy atom. The van der Waals surface area contributed by atoms with Crippen molar-refractivity contribution in [2.45, 2.75) is 39.2 Å². The van der Waals surface area contributed by atoms with Gasteiger partial charge in [0.1, 0.15) is 5.52 Å². The Balaban J connectivity index is 0.00000141. The normalized spacial score (nSPS) is 16.1. The standard InChI is InChI=1S/C24H25N7O2.C2H6/c1-29-14-19(15-29)31-21-20(11-18(13-26-21)23(33)30-8-3-2-4-9-30)27-24(31)28-22(32)17-7-5-6-16(10-17)12-25;1-2/h5-7,10-11,13,19H,2-4,8-9,14-15H2,1H3,(H,27,28,32);1-2H3. The minimum atomic E-state index is -0.346. The monoisotopic (exact) mass is 473 g/mol. The summed E-state index contributed by atoms with van der Waals surface area (Å²) in [6, 6.07) is 10.5. The van der Waals surface area contributed by atoms with Crippen LogP contribution in [0.1, 0.15) is 65.4 Å². The number of hydrogen-bond donors (Lipinski definition) is 1. The molecular weight excluding hydrogens is 442 g/mol. The van der Waals surface area contributed by atoms with Crippen LogP contribution in [-0.4, -0.2) is 69.4 Å². The Bertz CT molecular complexity index is 1260. The summed E-state index contributed by atoms with van der Waals surface area (Å²) in [6.07, 6.45) is 4.81. The van der Waals surface area contributed by atoms with Crippen LogP contribution in [0.15, 0.2) is 36.5 Å². The number of piperidine rings is 1. The number of hydrogen-bond acceptors (Lipinski definition) is 6. The zero-order valence-corrected chi connectivity index (χ0v) is 20.5. The largest absolute Gasteiger partial charge is 0.339 e. The van der Waals surface area contributed by atoms with Crippen molar-refractivity contribution >= 4 is 28.9 Å². The molecule has 1 N–H and O–H groups in total. The van der Waals surface area contributed by atoms with Crippen molar-refractivity contribution < 1.29 is 9.59 Å². The van der Waals surface area contributed by atoms with Gasteiger partial charge in [0.15, 0.2) is 5.65 Å². The number of amides is 2. The van der Waals surface area contributed by atoms with Crippen LogP contribution in [0.2, 0.25) is 0 Å². The summed E-state index contributed by atoms with van der Waals surface area (Å²) >= 11 is 0. The van der Waals surface area contributed by atoms with Gasteiger partial charge in [0.2, 0.25) is 5.95 Å². The molecule has 2 saturated heterocycles. The first-order valence-electron chi connectivity index (χ1n) is 12.2. The fraction of sp³-hybridized carbons (Fsp3) is 0.423. The number of likely N-dealkylation sites (N-methyl/N-ethyl adjacent to an activating group) is 1. The van der Waals surface area contributed by atoms with Crippen LogP contribution >= 0.6 is 0 Å². The topological polar surface area (TPSA) is 107 Å². The van der Waals surface area contributed by atoms with E-state index in [9.17, 15) is 9.59 Å². The molecular formula is C26H31N7O2. The van der Waals surface area contributed by atoms with E-state index in [1.165, 1.54) is 0 Å². The van der Waals surface area contributed by atoms with Gasteiger partial charge in [0, 0.05) is 37.9 Å². The van der Waals surface area contributed by atoms with Crippen LogP contribution in [0.25, 0.3) is 11.2 Å². The quantitative estimate of drug-likeness (QED) is 0.619. The number of likely N-dealkylation sites (tertiary alicyclic amines) is 2. The predicted molar refractivity (Wildman–Crippen MR) is 134 cm³/mol. The fourth-order valence-electron chi connectivity index (χ4n) is 4.55. The average Bonchev–Trinajstić information content (AvgIpc) is 3.24. The zero-order valence-electron chi connectivity index (χ0n) is 20.5. The minimum Gasteiger partial charge on any atom is -0.339 e. The van der Waals surface area contributed by atoms with Crippen molar-refractivity contribution in [1.29, 1.82) is 5.26 Å². The molecule has 1 aromatic carbocycles. The molecule has 0 spiro atoms. The van der Waals surface area contributed by atoms with Crippen LogP contribution in [0.3, 0.4) is 0 Å². The molecule has 2 aliphatic rings. The molecule has 0 radical (unpaired) electrons. The number of rotatable bonds is 4. The molecule has 2 aliphatic heterocycles. The third kappa shape index (κ3) is 5.03. The molecule has 35 heavy (non-hydrogen) atoms. The van der Waals surface area contributed by atoms with E-state index in [-0.39, 0.29) is 17.9 Å². The van der Waals surface area contributed by atoms with Crippen LogP contribution in [0, 0.1) is 11.3 Å². The molecule has 182 valence electrons. The lowest BCUT2D eigenvalue weighted by Crippen LogP contribution is -2.45. The second-order valence-corrected chi connectivity index (χ2v) is 8.75. The number of anilines is 1. The number of pyridine rings is 1. The minimum absolute atomic E-state index is 0.0269. The maximum Gasteiger partial charge on any atom is 0.258 e. The molecule has 2 amide bonds. The van der Waals surface area contributed by atoms with Gasteiger partial charge >= 0.3 is 0 Å². The van der Waals surface area contributed by atoms with Gasteiger partial charge in [-0.25, -0.2) is 9.97 Å². The Labute approximate surface area is 205 Å². The summed E-state index contributed by atoms with van der Waals surface area (Å²) < 4.78 is 1.94. The van der Waals surface area contributed by atoms with Crippen molar-refractivity contribution in [1.82, 2.24) is 24.3 Å². The van der Waals surface area contributed by atoms with E-state index in [0.29, 0.717) is 33.8 Å². The number of imidazole rings is 1. The van der Waals surface area contributed by atoms with Crippen LogP contribution in [0.5, 0.6) is 0 Å². The number of carbonyl (C=O) groups excluding carboxylic acids is 2. The van der Waals surface area contributed by atoms with Gasteiger partial charge in [0.05, 0.1) is 23.2 Å². The van der Waals surface area contributed by atoms with Gasteiger partial charge in [-0.15, -0.1) is 0 Å². The van der Waals surface area contributed by atoms with E-state index in [0.717, 1.165) is 45.4 Å². The summed E-state index contributed by atoms with van der Waals surface area (Å²) in [6.45, 7) is 7.16. The Morgan fingerprint density at radius 3 is 2.51 bits per heavy atom. The number of nitriles is 1. The van der Waals surface area contributed by atoms with E-state index in [4.69, 9.17) is 5.26 Å². The predicted octanol–water partition coefficient (Wildman–Crippen LogP) is 3.69. The first-order chi connectivity index (χ1) is 17.0. The molecule has 9 heteroatoms. The van der Waals surface area contributed by atoms with Crippen molar-refractivity contribution in [3.63, 3.8) is 0 Å². The van der Waals surface area contributed by atoms with Crippen molar-refractivity contribution in [3.8, 4) is 6.07 Å². The Hall–Kier alpha value is -3.77. The molecule has 2 fully saturated rings. The number of aromatic nitrogens is 3. The maximum atomic E-state index is 13.0. The summed E-state index contributed by atoms with van der Waals surface area (Å²) in [5, 5.41) is 12.0. The average molecular weight is 474 g/mol. The maximum absolute atomic E-state index is 13.0. The highest BCUT2D eigenvalue weighted by Crippen LogP contribution is 2.29. The second kappa shape index (κ2) is 10.7. The van der Waals surface area contributed by atoms with Crippen molar-refractivity contribution in [2.75, 3.05) is 38.5 Å². The summed E-state index contributed by atoms with van der Waals surface area (Å²) in [5.74, 6) is 0.0208. The number of nitrogens with zero attached hydrogens (tertiary/aromatic N) is 6.